The molecule has 156 valence electrons. The molecule has 1 atom stereocenters. The molecule has 30 heavy (non-hydrogen) atoms. The van der Waals surface area contributed by atoms with Crippen LogP contribution < -0.4 is 5.32 Å². The minimum atomic E-state index is -3.05. The van der Waals surface area contributed by atoms with Crippen LogP contribution in [-0.2, 0) is 21.7 Å². The summed E-state index contributed by atoms with van der Waals surface area (Å²) < 4.78 is 24.7. The van der Waals surface area contributed by atoms with E-state index in [0.29, 0.717) is 28.4 Å². The molecule has 1 aliphatic rings. The minimum absolute atomic E-state index is 0.0139. The predicted molar refractivity (Wildman–Crippen MR) is 114 cm³/mol. The normalized spacial score (nSPS) is 17.8. The van der Waals surface area contributed by atoms with Crippen molar-refractivity contribution in [3.05, 3.63) is 54.1 Å². The largest absolute Gasteiger partial charge is 0.352 e. The van der Waals surface area contributed by atoms with Gasteiger partial charge in [0.05, 0.1) is 27.8 Å². The van der Waals surface area contributed by atoms with Gasteiger partial charge in [0.15, 0.2) is 15.7 Å². The number of nitrogens with one attached hydrogen (secondary N) is 1. The molecule has 0 aliphatic carbocycles. The molecular formula is C20H20N4O4S2. The SMILES string of the molecule is Cn1ccnc1C(=O)c1cc(SCC(=O)N[C@@H]2CCS(=O)(=O)C2)nc2ccccc12. The Balaban J connectivity index is 1.54. The fourth-order valence-corrected chi connectivity index (χ4v) is 5.84. The van der Waals surface area contributed by atoms with E-state index in [0.717, 1.165) is 5.39 Å². The second kappa shape index (κ2) is 8.19. The van der Waals surface area contributed by atoms with Gasteiger partial charge in [-0.05, 0) is 18.6 Å². The lowest BCUT2D eigenvalue weighted by Gasteiger charge is -2.11. The number of fused-ring (bicyclic) bond motifs is 1. The summed E-state index contributed by atoms with van der Waals surface area (Å²) >= 11 is 1.21. The van der Waals surface area contributed by atoms with Gasteiger partial charge in [-0.3, -0.25) is 9.59 Å². The Labute approximate surface area is 178 Å². The lowest BCUT2D eigenvalue weighted by atomic mass is 10.1. The number of hydrogen-bond acceptors (Lipinski definition) is 7. The molecule has 1 amide bonds. The highest BCUT2D eigenvalue weighted by Crippen LogP contribution is 2.26. The van der Waals surface area contributed by atoms with Gasteiger partial charge in [0.1, 0.15) is 0 Å². The summed E-state index contributed by atoms with van der Waals surface area (Å²) in [4.78, 5) is 34.0. The molecule has 1 aromatic carbocycles. The molecule has 10 heteroatoms. The zero-order valence-corrected chi connectivity index (χ0v) is 17.9. The molecule has 3 heterocycles. The van der Waals surface area contributed by atoms with Gasteiger partial charge >= 0.3 is 0 Å². The van der Waals surface area contributed by atoms with E-state index in [1.54, 1.807) is 30.1 Å². The topological polar surface area (TPSA) is 111 Å². The maximum Gasteiger partial charge on any atom is 0.230 e. The predicted octanol–water partition coefficient (Wildman–Crippen LogP) is 1.59. The number of carbonyl (C=O) groups is 2. The van der Waals surface area contributed by atoms with Crippen molar-refractivity contribution >= 4 is 44.2 Å². The average molecular weight is 445 g/mol. The van der Waals surface area contributed by atoms with Gasteiger partial charge in [0.25, 0.3) is 0 Å². The van der Waals surface area contributed by atoms with Crippen molar-refractivity contribution in [2.75, 3.05) is 17.3 Å². The standard InChI is InChI=1S/C20H20N4O4S2/c1-24-8-7-21-20(24)19(26)15-10-18(23-16-5-3-2-4-14(15)16)29-11-17(25)22-13-6-9-30(27,28)12-13/h2-5,7-8,10,13H,6,9,11-12H2,1H3,(H,22,25)/t13-/m1/s1. The van der Waals surface area contributed by atoms with E-state index < -0.39 is 9.84 Å². The zero-order valence-electron chi connectivity index (χ0n) is 16.2. The van der Waals surface area contributed by atoms with Crippen molar-refractivity contribution in [3.8, 4) is 0 Å². The molecule has 4 rings (SSSR count). The van der Waals surface area contributed by atoms with Gasteiger partial charge < -0.3 is 9.88 Å². The van der Waals surface area contributed by atoms with Crippen molar-refractivity contribution < 1.29 is 18.0 Å². The number of nitrogens with zero attached hydrogens (tertiary/aromatic N) is 3. The van der Waals surface area contributed by atoms with Crippen LogP contribution in [0.1, 0.15) is 22.6 Å². The summed E-state index contributed by atoms with van der Waals surface area (Å²) in [5, 5.41) is 4.02. The summed E-state index contributed by atoms with van der Waals surface area (Å²) in [6, 6.07) is 8.67. The second-order valence-corrected chi connectivity index (χ2v) is 10.4. The van der Waals surface area contributed by atoms with Crippen molar-refractivity contribution in [1.82, 2.24) is 19.9 Å². The Hall–Kier alpha value is -2.72. The molecule has 0 saturated carbocycles. The fraction of sp³-hybridized carbons (Fsp3) is 0.300. The highest BCUT2D eigenvalue weighted by molar-refractivity contribution is 7.99. The van der Waals surface area contributed by atoms with Crippen molar-refractivity contribution in [1.29, 1.82) is 0 Å². The van der Waals surface area contributed by atoms with Gasteiger partial charge in [-0.1, -0.05) is 30.0 Å². The highest BCUT2D eigenvalue weighted by atomic mass is 32.2. The maximum absolute atomic E-state index is 13.1. The van der Waals surface area contributed by atoms with Crippen LogP contribution in [-0.4, -0.2) is 57.9 Å². The van der Waals surface area contributed by atoms with Crippen molar-refractivity contribution in [2.45, 2.75) is 17.5 Å². The molecule has 0 unspecified atom stereocenters. The molecular weight excluding hydrogens is 424 g/mol. The number of amides is 1. The van der Waals surface area contributed by atoms with Crippen LogP contribution in [0.15, 0.2) is 47.8 Å². The summed E-state index contributed by atoms with van der Waals surface area (Å²) in [5.74, 6) is 0.0218. The molecule has 0 radical (unpaired) electrons. The molecule has 1 N–H and O–H groups in total. The van der Waals surface area contributed by atoms with Crippen molar-refractivity contribution in [2.24, 2.45) is 7.05 Å². The van der Waals surface area contributed by atoms with E-state index in [9.17, 15) is 18.0 Å². The summed E-state index contributed by atoms with van der Waals surface area (Å²) in [6.07, 6.45) is 3.72. The lowest BCUT2D eigenvalue weighted by molar-refractivity contribution is -0.119. The molecule has 1 aliphatic heterocycles. The van der Waals surface area contributed by atoms with Crippen molar-refractivity contribution in [3.63, 3.8) is 0 Å². The molecule has 2 aromatic heterocycles. The number of aryl methyl sites for hydroxylation is 1. The van der Waals surface area contributed by atoms with Crippen LogP contribution >= 0.6 is 11.8 Å². The Morgan fingerprint density at radius 1 is 1.30 bits per heavy atom. The molecule has 3 aromatic rings. The van der Waals surface area contributed by atoms with Gasteiger partial charge in [-0.2, -0.15) is 0 Å². The van der Waals surface area contributed by atoms with Crippen LogP contribution in [0.2, 0.25) is 0 Å². The third-order valence-electron chi connectivity index (χ3n) is 4.91. The number of aromatic nitrogens is 3. The van der Waals surface area contributed by atoms with Crippen LogP contribution in [0, 0.1) is 0 Å². The van der Waals surface area contributed by atoms with E-state index in [-0.39, 0.29) is 35.0 Å². The molecule has 0 bridgehead atoms. The Kier molecular flexibility index (Phi) is 5.61. The summed E-state index contributed by atoms with van der Waals surface area (Å²) in [5.41, 5.74) is 1.13. The fourth-order valence-electron chi connectivity index (χ4n) is 3.44. The average Bonchev–Trinajstić information content (AvgIpc) is 3.29. The first kappa shape index (κ1) is 20.5. The number of rotatable bonds is 6. The number of ketones is 1. The Bertz CT molecular complexity index is 1240. The molecule has 1 saturated heterocycles. The van der Waals surface area contributed by atoms with Crippen LogP contribution in [0.5, 0.6) is 0 Å². The van der Waals surface area contributed by atoms with E-state index >= 15 is 0 Å². The first-order valence-corrected chi connectivity index (χ1v) is 12.2. The van der Waals surface area contributed by atoms with Crippen LogP contribution in [0.4, 0.5) is 0 Å². The smallest absolute Gasteiger partial charge is 0.230 e. The maximum atomic E-state index is 13.1. The number of imidazole rings is 1. The monoisotopic (exact) mass is 444 g/mol. The number of benzene rings is 1. The Morgan fingerprint density at radius 2 is 2.10 bits per heavy atom. The molecule has 1 fully saturated rings. The molecule has 8 nitrogen and oxygen atoms in total. The summed E-state index contributed by atoms with van der Waals surface area (Å²) in [7, 11) is -1.30. The number of thioether (sulfide) groups is 1. The van der Waals surface area contributed by atoms with Crippen LogP contribution in [0.3, 0.4) is 0 Å². The van der Waals surface area contributed by atoms with Gasteiger partial charge in [0.2, 0.25) is 11.7 Å². The number of sulfone groups is 1. The van der Waals surface area contributed by atoms with E-state index in [1.165, 1.54) is 11.8 Å². The molecule has 0 spiro atoms. The van der Waals surface area contributed by atoms with Gasteiger partial charge in [-0.15, -0.1) is 0 Å². The van der Waals surface area contributed by atoms with E-state index in [4.69, 9.17) is 0 Å². The number of hydrogen-bond donors (Lipinski definition) is 1. The second-order valence-electron chi connectivity index (χ2n) is 7.17. The number of carbonyl (C=O) groups excluding carboxylic acids is 2. The van der Waals surface area contributed by atoms with Crippen LogP contribution in [0.25, 0.3) is 10.9 Å². The van der Waals surface area contributed by atoms with Gasteiger partial charge in [0, 0.05) is 36.4 Å². The summed E-state index contributed by atoms with van der Waals surface area (Å²) in [6.45, 7) is 0. The zero-order chi connectivity index (χ0) is 21.3. The lowest BCUT2D eigenvalue weighted by Crippen LogP contribution is -2.36. The third kappa shape index (κ3) is 4.39. The highest BCUT2D eigenvalue weighted by Gasteiger charge is 2.29. The minimum Gasteiger partial charge on any atom is -0.352 e. The van der Waals surface area contributed by atoms with Gasteiger partial charge in [-0.25, -0.2) is 18.4 Å². The van der Waals surface area contributed by atoms with E-state index in [2.05, 4.69) is 15.3 Å². The third-order valence-corrected chi connectivity index (χ3v) is 7.59. The first-order valence-electron chi connectivity index (χ1n) is 9.37. The van der Waals surface area contributed by atoms with E-state index in [1.807, 2.05) is 24.3 Å². The first-order chi connectivity index (χ1) is 14.3. The number of para-hydroxylation sites is 1. The Morgan fingerprint density at radius 3 is 2.80 bits per heavy atom. The number of pyridine rings is 1. The quantitative estimate of drug-likeness (QED) is 0.454.